The number of halogens is 1. The van der Waals surface area contributed by atoms with E-state index in [1.807, 2.05) is 13.8 Å². The maximum Gasteiger partial charge on any atom is 0.331 e. The Hall–Kier alpha value is -3.35. The van der Waals surface area contributed by atoms with Crippen molar-refractivity contribution in [2.75, 3.05) is 19.0 Å². The number of anilines is 1. The van der Waals surface area contributed by atoms with Crippen LogP contribution in [0.1, 0.15) is 19.4 Å². The predicted molar refractivity (Wildman–Crippen MR) is 104 cm³/mol. The van der Waals surface area contributed by atoms with Crippen LogP contribution in [-0.4, -0.2) is 31.7 Å². The van der Waals surface area contributed by atoms with Gasteiger partial charge in [-0.05, 0) is 55.8 Å². The van der Waals surface area contributed by atoms with Crippen molar-refractivity contribution in [3.8, 4) is 11.5 Å². The molecule has 0 unspecified atom stereocenters. The van der Waals surface area contributed by atoms with Crippen molar-refractivity contribution in [1.29, 1.82) is 0 Å². The SMILES string of the molecule is COc1cc(/C=C/C(=O)OCC(=O)Nc2cccc(F)c2)ccc1OC(C)C. The Morgan fingerprint density at radius 2 is 1.93 bits per heavy atom. The fraction of sp³-hybridized carbons (Fsp3) is 0.238. The van der Waals surface area contributed by atoms with Crippen LogP contribution in [0, 0.1) is 5.82 Å². The summed E-state index contributed by atoms with van der Waals surface area (Å²) in [7, 11) is 1.53. The van der Waals surface area contributed by atoms with Crippen molar-refractivity contribution >= 4 is 23.6 Å². The number of ether oxygens (including phenoxy) is 3. The minimum Gasteiger partial charge on any atom is -0.493 e. The Kier molecular flexibility index (Phi) is 7.56. The molecule has 0 saturated carbocycles. The number of hydrogen-bond acceptors (Lipinski definition) is 5. The van der Waals surface area contributed by atoms with Gasteiger partial charge in [0.2, 0.25) is 0 Å². The van der Waals surface area contributed by atoms with Gasteiger partial charge in [-0.25, -0.2) is 9.18 Å². The van der Waals surface area contributed by atoms with E-state index < -0.39 is 24.3 Å². The molecule has 7 heteroatoms. The normalized spacial score (nSPS) is 10.8. The second-order valence-electron chi connectivity index (χ2n) is 6.08. The minimum absolute atomic E-state index is 0.00351. The highest BCUT2D eigenvalue weighted by molar-refractivity contribution is 5.94. The van der Waals surface area contributed by atoms with E-state index in [9.17, 15) is 14.0 Å². The number of hydrogen-bond donors (Lipinski definition) is 1. The lowest BCUT2D eigenvalue weighted by Gasteiger charge is -2.13. The standard InChI is InChI=1S/C21H22FNO5/c1-14(2)28-18-9-7-15(11-19(18)26-3)8-10-21(25)27-13-20(24)23-17-6-4-5-16(22)12-17/h4-12,14H,13H2,1-3H3,(H,23,24)/b10-8+. The molecule has 0 aliphatic heterocycles. The van der Waals surface area contributed by atoms with E-state index >= 15 is 0 Å². The van der Waals surface area contributed by atoms with Crippen molar-refractivity contribution in [2.45, 2.75) is 20.0 Å². The van der Waals surface area contributed by atoms with Gasteiger partial charge < -0.3 is 19.5 Å². The van der Waals surface area contributed by atoms with Crippen LogP contribution in [-0.2, 0) is 14.3 Å². The number of nitrogens with one attached hydrogen (secondary N) is 1. The lowest BCUT2D eigenvalue weighted by molar-refractivity contribution is -0.142. The lowest BCUT2D eigenvalue weighted by atomic mass is 10.2. The zero-order valence-corrected chi connectivity index (χ0v) is 15.9. The topological polar surface area (TPSA) is 73.9 Å². The average molecular weight is 387 g/mol. The summed E-state index contributed by atoms with van der Waals surface area (Å²) in [5.74, 6) is -0.581. The van der Waals surface area contributed by atoms with Crippen LogP contribution in [0.25, 0.3) is 6.08 Å². The molecule has 2 aromatic rings. The minimum atomic E-state index is -0.684. The first-order valence-corrected chi connectivity index (χ1v) is 8.62. The van der Waals surface area contributed by atoms with E-state index in [1.165, 1.54) is 43.5 Å². The van der Waals surface area contributed by atoms with Gasteiger partial charge >= 0.3 is 5.97 Å². The molecule has 0 spiro atoms. The van der Waals surface area contributed by atoms with Crippen molar-refractivity contribution in [3.63, 3.8) is 0 Å². The first-order valence-electron chi connectivity index (χ1n) is 8.62. The molecule has 2 aromatic carbocycles. The quantitative estimate of drug-likeness (QED) is 0.551. The number of rotatable bonds is 8. The maximum atomic E-state index is 13.1. The monoisotopic (exact) mass is 387 g/mol. The first kappa shape index (κ1) is 21.0. The molecule has 0 saturated heterocycles. The number of carbonyl (C=O) groups is 2. The number of esters is 1. The van der Waals surface area contributed by atoms with Crippen LogP contribution in [0.3, 0.4) is 0 Å². The lowest BCUT2D eigenvalue weighted by Crippen LogP contribution is -2.20. The van der Waals surface area contributed by atoms with Gasteiger partial charge in [-0.15, -0.1) is 0 Å². The van der Waals surface area contributed by atoms with E-state index in [4.69, 9.17) is 14.2 Å². The molecule has 0 bridgehead atoms. The third kappa shape index (κ3) is 6.75. The molecule has 0 radical (unpaired) electrons. The fourth-order valence-electron chi connectivity index (χ4n) is 2.25. The van der Waals surface area contributed by atoms with Gasteiger partial charge in [0.05, 0.1) is 13.2 Å². The molecular formula is C21H22FNO5. The van der Waals surface area contributed by atoms with Crippen LogP contribution >= 0.6 is 0 Å². The smallest absolute Gasteiger partial charge is 0.331 e. The van der Waals surface area contributed by atoms with Crippen LogP contribution in [0.4, 0.5) is 10.1 Å². The number of methoxy groups -OCH3 is 1. The van der Waals surface area contributed by atoms with Crippen molar-refractivity contribution < 1.29 is 28.2 Å². The molecular weight excluding hydrogens is 365 g/mol. The van der Waals surface area contributed by atoms with Gasteiger partial charge in [-0.1, -0.05) is 12.1 Å². The molecule has 0 atom stereocenters. The molecule has 2 rings (SSSR count). The Bertz CT molecular complexity index is 864. The Balaban J connectivity index is 1.88. The summed E-state index contributed by atoms with van der Waals surface area (Å²) < 4.78 is 28.9. The summed E-state index contributed by atoms with van der Waals surface area (Å²) in [5.41, 5.74) is 0.988. The van der Waals surface area contributed by atoms with Crippen LogP contribution in [0.5, 0.6) is 11.5 Å². The van der Waals surface area contributed by atoms with Gasteiger partial charge in [0.15, 0.2) is 18.1 Å². The summed E-state index contributed by atoms with van der Waals surface area (Å²) in [5, 5.41) is 2.44. The van der Waals surface area contributed by atoms with E-state index in [-0.39, 0.29) is 11.8 Å². The zero-order chi connectivity index (χ0) is 20.5. The van der Waals surface area contributed by atoms with Crippen molar-refractivity contribution in [3.05, 3.63) is 59.9 Å². The molecule has 0 aromatic heterocycles. The van der Waals surface area contributed by atoms with Gasteiger partial charge in [-0.3, -0.25) is 4.79 Å². The van der Waals surface area contributed by atoms with Crippen LogP contribution < -0.4 is 14.8 Å². The second-order valence-corrected chi connectivity index (χ2v) is 6.08. The molecule has 0 aliphatic rings. The second kappa shape index (κ2) is 10.1. The molecule has 0 aliphatic carbocycles. The number of carbonyl (C=O) groups excluding carboxylic acids is 2. The van der Waals surface area contributed by atoms with Gasteiger partial charge in [0.1, 0.15) is 5.82 Å². The van der Waals surface area contributed by atoms with E-state index in [0.717, 1.165) is 0 Å². The number of benzene rings is 2. The predicted octanol–water partition coefficient (Wildman–Crippen LogP) is 3.82. The summed E-state index contributed by atoms with van der Waals surface area (Å²) in [4.78, 5) is 23.5. The summed E-state index contributed by atoms with van der Waals surface area (Å²) in [6.45, 7) is 3.34. The molecule has 28 heavy (non-hydrogen) atoms. The average Bonchev–Trinajstić information content (AvgIpc) is 2.65. The summed E-state index contributed by atoms with van der Waals surface area (Å²) >= 11 is 0. The highest BCUT2D eigenvalue weighted by Crippen LogP contribution is 2.29. The van der Waals surface area contributed by atoms with E-state index in [2.05, 4.69) is 5.32 Å². The van der Waals surface area contributed by atoms with Crippen LogP contribution in [0.2, 0.25) is 0 Å². The van der Waals surface area contributed by atoms with E-state index in [1.54, 1.807) is 18.2 Å². The zero-order valence-electron chi connectivity index (χ0n) is 15.9. The largest absolute Gasteiger partial charge is 0.493 e. The Labute approximate surface area is 162 Å². The Morgan fingerprint density at radius 3 is 2.61 bits per heavy atom. The highest BCUT2D eigenvalue weighted by atomic mass is 19.1. The molecule has 0 fully saturated rings. The van der Waals surface area contributed by atoms with Crippen LogP contribution in [0.15, 0.2) is 48.5 Å². The molecule has 6 nitrogen and oxygen atoms in total. The molecule has 0 heterocycles. The fourth-order valence-corrected chi connectivity index (χ4v) is 2.25. The van der Waals surface area contributed by atoms with Gasteiger partial charge in [0.25, 0.3) is 5.91 Å². The highest BCUT2D eigenvalue weighted by Gasteiger charge is 2.08. The van der Waals surface area contributed by atoms with Gasteiger partial charge in [-0.2, -0.15) is 0 Å². The molecule has 148 valence electrons. The van der Waals surface area contributed by atoms with Crippen molar-refractivity contribution in [1.82, 2.24) is 0 Å². The number of amides is 1. The summed E-state index contributed by atoms with van der Waals surface area (Å²) in [6.07, 6.45) is 2.74. The maximum absolute atomic E-state index is 13.1. The third-order valence-corrected chi connectivity index (χ3v) is 3.42. The first-order chi connectivity index (χ1) is 13.4. The summed E-state index contributed by atoms with van der Waals surface area (Å²) in [6, 6.07) is 10.7. The Morgan fingerprint density at radius 1 is 1.14 bits per heavy atom. The van der Waals surface area contributed by atoms with Gasteiger partial charge in [0, 0.05) is 11.8 Å². The molecule has 1 amide bonds. The van der Waals surface area contributed by atoms with E-state index in [0.29, 0.717) is 17.1 Å². The third-order valence-electron chi connectivity index (χ3n) is 3.42. The van der Waals surface area contributed by atoms with Crippen molar-refractivity contribution in [2.24, 2.45) is 0 Å². The molecule has 1 N–H and O–H groups in total.